The molecule has 1 saturated heterocycles. The van der Waals surface area contributed by atoms with Gasteiger partial charge in [0.2, 0.25) is 0 Å². The number of aromatic amines is 1. The number of carboxylic acid groups (broad SMARTS) is 1. The lowest BCUT2D eigenvalue weighted by Crippen LogP contribution is -2.25. The van der Waals surface area contributed by atoms with Crippen molar-refractivity contribution in [2.45, 2.75) is 25.1 Å². The Morgan fingerprint density at radius 1 is 1.20 bits per heavy atom. The van der Waals surface area contributed by atoms with Crippen LogP contribution in [0, 0.1) is 39.9 Å². The topological polar surface area (TPSA) is 171 Å². The number of alkyl halides is 3. The number of fused-ring (bicyclic) bond motifs is 1. The fourth-order valence-electron chi connectivity index (χ4n) is 4.65. The minimum Gasteiger partial charge on any atom is -0.475 e. The minimum absolute atomic E-state index is 0.109. The number of anilines is 1. The third kappa shape index (κ3) is 5.69. The summed E-state index contributed by atoms with van der Waals surface area (Å²) in [5.74, 6) is -2.58. The maximum absolute atomic E-state index is 10.6. The van der Waals surface area contributed by atoms with Crippen LogP contribution in [0.3, 0.4) is 0 Å². The average molecular weight is 548 g/mol. The van der Waals surface area contributed by atoms with E-state index in [1.807, 2.05) is 29.2 Å². The highest BCUT2D eigenvalue weighted by atomic mass is 19.4. The van der Waals surface area contributed by atoms with Crippen molar-refractivity contribution in [3.8, 4) is 29.5 Å². The summed E-state index contributed by atoms with van der Waals surface area (Å²) in [5.41, 5.74) is 3.98. The van der Waals surface area contributed by atoms with Gasteiger partial charge in [-0.25, -0.2) is 14.8 Å². The summed E-state index contributed by atoms with van der Waals surface area (Å²) >= 11 is 0. The van der Waals surface area contributed by atoms with Gasteiger partial charge in [0, 0.05) is 42.4 Å². The molecule has 0 radical (unpaired) electrons. The van der Waals surface area contributed by atoms with Gasteiger partial charge in [-0.15, -0.1) is 0 Å². The van der Waals surface area contributed by atoms with Crippen molar-refractivity contribution in [2.75, 3.05) is 18.0 Å². The van der Waals surface area contributed by atoms with Crippen molar-refractivity contribution in [3.05, 3.63) is 60.3 Å². The molecule has 0 unspecified atom stereocenters. The molecule has 40 heavy (non-hydrogen) atoms. The van der Waals surface area contributed by atoms with Crippen LogP contribution in [0.4, 0.5) is 18.9 Å². The molecule has 1 aromatic carbocycles. The monoisotopic (exact) mass is 547 g/mol. The molecule has 14 heteroatoms. The van der Waals surface area contributed by atoms with Gasteiger partial charge >= 0.3 is 12.1 Å². The molecule has 2 N–H and O–H groups in total. The molecule has 1 fully saturated rings. The van der Waals surface area contributed by atoms with Crippen molar-refractivity contribution in [1.29, 1.82) is 15.8 Å². The molecule has 11 nitrogen and oxygen atoms in total. The second-order valence-corrected chi connectivity index (χ2v) is 8.82. The van der Waals surface area contributed by atoms with Crippen LogP contribution in [0.2, 0.25) is 0 Å². The van der Waals surface area contributed by atoms with Crippen molar-refractivity contribution < 1.29 is 23.1 Å². The van der Waals surface area contributed by atoms with E-state index in [4.69, 9.17) is 9.90 Å². The molecule has 202 valence electrons. The fourth-order valence-corrected chi connectivity index (χ4v) is 4.65. The maximum Gasteiger partial charge on any atom is 0.490 e. The van der Waals surface area contributed by atoms with E-state index in [1.54, 1.807) is 18.3 Å². The molecular formula is C26H20F3N9O2. The van der Waals surface area contributed by atoms with Gasteiger partial charge in [-0.3, -0.25) is 4.68 Å². The number of benzene rings is 1. The molecule has 0 amide bonds. The van der Waals surface area contributed by atoms with Gasteiger partial charge < -0.3 is 15.0 Å². The van der Waals surface area contributed by atoms with Crippen molar-refractivity contribution in [3.63, 3.8) is 0 Å². The Labute approximate surface area is 225 Å². The Morgan fingerprint density at radius 3 is 2.65 bits per heavy atom. The molecule has 3 aromatic heterocycles. The summed E-state index contributed by atoms with van der Waals surface area (Å²) in [6.45, 7) is 1.43. The van der Waals surface area contributed by atoms with Crippen LogP contribution < -0.4 is 4.90 Å². The summed E-state index contributed by atoms with van der Waals surface area (Å²) in [4.78, 5) is 22.8. The van der Waals surface area contributed by atoms with Gasteiger partial charge in [0.1, 0.15) is 24.1 Å². The number of nitriles is 3. The molecule has 1 aliphatic rings. The number of aliphatic carboxylic acids is 1. The maximum atomic E-state index is 10.6. The SMILES string of the molecule is N#CC[C@@H]([C@H]1CCN(c2cccc(C#N)c2C#N)C1)n1cc(-c2ncnc3[nH]ccc23)cn1.O=C(O)C(F)(F)F. The quantitative estimate of drug-likeness (QED) is 0.372. The van der Waals surface area contributed by atoms with Crippen LogP contribution in [0.25, 0.3) is 22.3 Å². The van der Waals surface area contributed by atoms with E-state index in [1.165, 1.54) is 6.33 Å². The smallest absolute Gasteiger partial charge is 0.475 e. The van der Waals surface area contributed by atoms with Crippen LogP contribution in [0.1, 0.15) is 30.0 Å². The van der Waals surface area contributed by atoms with Crippen LogP contribution in [-0.4, -0.2) is 55.1 Å². The number of nitrogens with one attached hydrogen (secondary N) is 1. The fraction of sp³-hybridized carbons (Fsp3) is 0.269. The van der Waals surface area contributed by atoms with Crippen LogP contribution in [0.15, 0.2) is 49.2 Å². The number of hydrogen-bond donors (Lipinski definition) is 2. The molecule has 2 atom stereocenters. The Bertz CT molecular complexity index is 1660. The summed E-state index contributed by atoms with van der Waals surface area (Å²) in [7, 11) is 0. The van der Waals surface area contributed by atoms with E-state index in [2.05, 4.69) is 43.2 Å². The zero-order valence-corrected chi connectivity index (χ0v) is 20.7. The Balaban J connectivity index is 0.000000470. The van der Waals surface area contributed by atoms with E-state index >= 15 is 0 Å². The normalized spacial score (nSPS) is 15.4. The standard InChI is InChI=1S/C24H19N9.C2HF3O2/c25-7-4-21(17-6-9-32(13-17)22-3-1-2-16(10-26)20(22)11-27)33-14-18(12-31-33)23-19-5-8-28-24(19)30-15-29-23;3-2(4,5)1(6)7/h1-3,5,8,12,14-15,17,21H,4,6,9,13H2,(H,28,29,30);(H,6,7)/t17-,21-;/m0./s1. The van der Waals surface area contributed by atoms with E-state index in [-0.39, 0.29) is 12.0 Å². The zero-order chi connectivity index (χ0) is 28.9. The molecule has 4 aromatic rings. The highest BCUT2D eigenvalue weighted by molar-refractivity contribution is 5.90. The van der Waals surface area contributed by atoms with E-state index in [0.29, 0.717) is 24.1 Å². The average Bonchev–Trinajstić information content (AvgIpc) is 3.71. The first-order chi connectivity index (χ1) is 19.2. The number of H-pyrrole nitrogens is 1. The molecule has 0 spiro atoms. The third-order valence-corrected chi connectivity index (χ3v) is 6.50. The highest BCUT2D eigenvalue weighted by Crippen LogP contribution is 2.35. The minimum atomic E-state index is -5.08. The van der Waals surface area contributed by atoms with Crippen molar-refractivity contribution in [1.82, 2.24) is 24.7 Å². The number of halogens is 3. The lowest BCUT2D eigenvalue weighted by atomic mass is 9.96. The summed E-state index contributed by atoms with van der Waals surface area (Å²) in [6.07, 6.45) is 3.17. The van der Waals surface area contributed by atoms with Gasteiger partial charge in [-0.05, 0) is 24.6 Å². The van der Waals surface area contributed by atoms with E-state index in [9.17, 15) is 29.0 Å². The largest absolute Gasteiger partial charge is 0.490 e. The number of aromatic nitrogens is 5. The molecule has 0 saturated carbocycles. The van der Waals surface area contributed by atoms with Gasteiger partial charge in [-0.2, -0.15) is 34.1 Å². The number of hydrogen-bond acceptors (Lipinski definition) is 8. The van der Waals surface area contributed by atoms with Crippen molar-refractivity contribution in [2.24, 2.45) is 5.92 Å². The molecule has 1 aliphatic heterocycles. The Morgan fingerprint density at radius 2 is 1.98 bits per heavy atom. The number of rotatable bonds is 5. The van der Waals surface area contributed by atoms with Gasteiger partial charge in [0.15, 0.2) is 0 Å². The van der Waals surface area contributed by atoms with Gasteiger partial charge in [0.25, 0.3) is 0 Å². The van der Waals surface area contributed by atoms with E-state index in [0.717, 1.165) is 40.9 Å². The number of carbonyl (C=O) groups is 1. The summed E-state index contributed by atoms with van der Waals surface area (Å²) in [6, 6.07) is 13.8. The Kier molecular flexibility index (Phi) is 7.96. The van der Waals surface area contributed by atoms with Crippen LogP contribution >= 0.6 is 0 Å². The number of carboxylic acids is 1. The van der Waals surface area contributed by atoms with E-state index < -0.39 is 12.1 Å². The first-order valence-corrected chi connectivity index (χ1v) is 11.9. The summed E-state index contributed by atoms with van der Waals surface area (Å²) < 4.78 is 33.6. The zero-order valence-electron chi connectivity index (χ0n) is 20.7. The summed E-state index contributed by atoms with van der Waals surface area (Å²) in [5, 5.41) is 41.1. The third-order valence-electron chi connectivity index (χ3n) is 6.50. The molecular weight excluding hydrogens is 527 g/mol. The first-order valence-electron chi connectivity index (χ1n) is 11.9. The predicted molar refractivity (Wildman–Crippen MR) is 134 cm³/mol. The molecule has 4 heterocycles. The Hall–Kier alpha value is -5.42. The van der Waals surface area contributed by atoms with Gasteiger partial charge in [0.05, 0.1) is 47.2 Å². The predicted octanol–water partition coefficient (Wildman–Crippen LogP) is 4.18. The van der Waals surface area contributed by atoms with Gasteiger partial charge in [-0.1, -0.05) is 6.07 Å². The van der Waals surface area contributed by atoms with Crippen LogP contribution in [-0.2, 0) is 4.79 Å². The molecule has 0 aliphatic carbocycles. The lowest BCUT2D eigenvalue weighted by molar-refractivity contribution is -0.192. The van der Waals surface area contributed by atoms with Crippen LogP contribution in [0.5, 0.6) is 0 Å². The highest BCUT2D eigenvalue weighted by Gasteiger charge is 2.38. The second kappa shape index (κ2) is 11.5. The first kappa shape index (κ1) is 27.6. The second-order valence-electron chi connectivity index (χ2n) is 8.82. The lowest BCUT2D eigenvalue weighted by Gasteiger charge is -2.24. The molecule has 0 bridgehead atoms. The number of nitrogens with zero attached hydrogens (tertiary/aromatic N) is 8. The van der Waals surface area contributed by atoms with Crippen molar-refractivity contribution >= 4 is 22.7 Å². The molecule has 5 rings (SSSR count).